The standard InChI is InChI=1S/C26H28N2O6S/c1-16-24(35-25(27-16)18-7-12-21(32-3)22(13-18)33-4)26(30)34-15-23(29)28(19-8-9-19)14-17-5-10-20(31-2)11-6-17/h5-7,10-13,19H,8-9,14-15H2,1-4H3. The van der Waals surface area contributed by atoms with E-state index < -0.39 is 5.97 Å². The maximum Gasteiger partial charge on any atom is 0.350 e. The minimum Gasteiger partial charge on any atom is -0.497 e. The lowest BCUT2D eigenvalue weighted by Crippen LogP contribution is -2.36. The molecule has 35 heavy (non-hydrogen) atoms. The molecule has 1 aliphatic carbocycles. The Morgan fingerprint density at radius 2 is 1.71 bits per heavy atom. The first-order valence-corrected chi connectivity index (χ1v) is 12.0. The van der Waals surface area contributed by atoms with Crippen LogP contribution in [-0.2, 0) is 16.1 Å². The van der Waals surface area contributed by atoms with Crippen molar-refractivity contribution in [2.24, 2.45) is 0 Å². The number of carbonyl (C=O) groups is 2. The van der Waals surface area contributed by atoms with Crippen LogP contribution in [0.5, 0.6) is 17.2 Å². The summed E-state index contributed by atoms with van der Waals surface area (Å²) in [4.78, 5) is 32.4. The van der Waals surface area contributed by atoms with Crippen molar-refractivity contribution in [1.29, 1.82) is 0 Å². The van der Waals surface area contributed by atoms with Crippen LogP contribution in [0.15, 0.2) is 42.5 Å². The predicted octanol–water partition coefficient (Wildman–Crippen LogP) is 4.49. The zero-order valence-electron chi connectivity index (χ0n) is 20.2. The van der Waals surface area contributed by atoms with E-state index in [0.29, 0.717) is 33.6 Å². The number of thiazole rings is 1. The van der Waals surface area contributed by atoms with Crippen LogP contribution in [-0.4, -0.2) is 55.7 Å². The minimum absolute atomic E-state index is 0.185. The average molecular weight is 497 g/mol. The second kappa shape index (κ2) is 10.8. The highest BCUT2D eigenvalue weighted by atomic mass is 32.1. The molecule has 9 heteroatoms. The molecule has 0 N–H and O–H groups in total. The molecule has 8 nitrogen and oxygen atoms in total. The van der Waals surface area contributed by atoms with E-state index in [2.05, 4.69) is 4.98 Å². The van der Waals surface area contributed by atoms with Crippen molar-refractivity contribution in [3.05, 3.63) is 58.6 Å². The van der Waals surface area contributed by atoms with Gasteiger partial charge in [0.2, 0.25) is 0 Å². The topological polar surface area (TPSA) is 87.2 Å². The number of rotatable bonds is 10. The van der Waals surface area contributed by atoms with Gasteiger partial charge in [0.1, 0.15) is 15.6 Å². The Hall–Kier alpha value is -3.59. The molecule has 1 aromatic heterocycles. The molecule has 1 amide bonds. The van der Waals surface area contributed by atoms with Crippen LogP contribution in [0.3, 0.4) is 0 Å². The van der Waals surface area contributed by atoms with Crippen LogP contribution in [0.4, 0.5) is 0 Å². The lowest BCUT2D eigenvalue weighted by atomic mass is 10.2. The second-order valence-electron chi connectivity index (χ2n) is 8.18. The Morgan fingerprint density at radius 1 is 1.00 bits per heavy atom. The van der Waals surface area contributed by atoms with Gasteiger partial charge in [0.25, 0.3) is 5.91 Å². The van der Waals surface area contributed by atoms with E-state index in [0.717, 1.165) is 29.7 Å². The smallest absolute Gasteiger partial charge is 0.350 e. The molecule has 2 aromatic carbocycles. The highest BCUT2D eigenvalue weighted by Gasteiger charge is 2.33. The van der Waals surface area contributed by atoms with E-state index in [1.165, 1.54) is 11.3 Å². The van der Waals surface area contributed by atoms with Crippen molar-refractivity contribution in [2.45, 2.75) is 32.4 Å². The Morgan fingerprint density at radius 3 is 2.34 bits per heavy atom. The third-order valence-corrected chi connectivity index (χ3v) is 6.95. The Balaban J connectivity index is 1.41. The molecule has 0 bridgehead atoms. The number of benzene rings is 2. The highest BCUT2D eigenvalue weighted by molar-refractivity contribution is 7.17. The monoisotopic (exact) mass is 496 g/mol. The number of amides is 1. The Labute approximate surface area is 208 Å². The molecule has 0 radical (unpaired) electrons. The number of carbonyl (C=O) groups excluding carboxylic acids is 2. The van der Waals surface area contributed by atoms with Gasteiger partial charge in [-0.05, 0) is 55.7 Å². The summed E-state index contributed by atoms with van der Waals surface area (Å²) in [7, 11) is 4.75. The third-order valence-electron chi connectivity index (χ3n) is 5.76. The van der Waals surface area contributed by atoms with E-state index in [4.69, 9.17) is 18.9 Å². The Kier molecular flexibility index (Phi) is 7.55. The fourth-order valence-electron chi connectivity index (χ4n) is 3.69. The van der Waals surface area contributed by atoms with Gasteiger partial charge >= 0.3 is 5.97 Å². The van der Waals surface area contributed by atoms with Crippen LogP contribution in [0, 0.1) is 6.92 Å². The average Bonchev–Trinajstić information content (AvgIpc) is 3.65. The van der Waals surface area contributed by atoms with Crippen LogP contribution >= 0.6 is 11.3 Å². The van der Waals surface area contributed by atoms with Crippen molar-refractivity contribution in [1.82, 2.24) is 9.88 Å². The first kappa shape index (κ1) is 24.5. The van der Waals surface area contributed by atoms with Crippen LogP contribution in [0.25, 0.3) is 10.6 Å². The van der Waals surface area contributed by atoms with Gasteiger partial charge in [-0.25, -0.2) is 9.78 Å². The summed E-state index contributed by atoms with van der Waals surface area (Å²) >= 11 is 1.22. The van der Waals surface area contributed by atoms with Gasteiger partial charge in [-0.3, -0.25) is 4.79 Å². The first-order chi connectivity index (χ1) is 16.9. The summed E-state index contributed by atoms with van der Waals surface area (Å²) in [6, 6.07) is 13.2. The van der Waals surface area contributed by atoms with Crippen LogP contribution < -0.4 is 14.2 Å². The molecule has 0 atom stereocenters. The van der Waals surface area contributed by atoms with Gasteiger partial charge in [0.05, 0.1) is 27.0 Å². The zero-order valence-corrected chi connectivity index (χ0v) is 21.0. The van der Waals surface area contributed by atoms with Gasteiger partial charge in [-0.1, -0.05) is 12.1 Å². The third kappa shape index (κ3) is 5.74. The molecule has 0 spiro atoms. The second-order valence-corrected chi connectivity index (χ2v) is 9.18. The largest absolute Gasteiger partial charge is 0.497 e. The fraction of sp³-hybridized carbons (Fsp3) is 0.346. The van der Waals surface area contributed by atoms with Crippen molar-refractivity contribution >= 4 is 23.2 Å². The number of hydrogen-bond acceptors (Lipinski definition) is 8. The van der Waals surface area contributed by atoms with E-state index >= 15 is 0 Å². The van der Waals surface area contributed by atoms with Crippen LogP contribution in [0.1, 0.15) is 33.8 Å². The first-order valence-electron chi connectivity index (χ1n) is 11.2. The normalized spacial score (nSPS) is 12.7. The summed E-state index contributed by atoms with van der Waals surface area (Å²) < 4.78 is 21.2. The molecule has 0 aliphatic heterocycles. The maximum absolute atomic E-state index is 12.9. The molecule has 4 rings (SSSR count). The molecule has 1 heterocycles. The molecule has 3 aromatic rings. The summed E-state index contributed by atoms with van der Waals surface area (Å²) in [6.07, 6.45) is 1.91. The van der Waals surface area contributed by atoms with Gasteiger partial charge < -0.3 is 23.8 Å². The molecular formula is C26H28N2O6S. The molecule has 0 unspecified atom stereocenters. The van der Waals surface area contributed by atoms with E-state index in [-0.39, 0.29) is 18.6 Å². The van der Waals surface area contributed by atoms with Crippen LogP contribution in [0.2, 0.25) is 0 Å². The van der Waals surface area contributed by atoms with Crippen molar-refractivity contribution < 1.29 is 28.5 Å². The molecule has 0 saturated heterocycles. The molecule has 1 aliphatic rings. The number of ether oxygens (including phenoxy) is 4. The summed E-state index contributed by atoms with van der Waals surface area (Å²) in [6.45, 7) is 1.90. The van der Waals surface area contributed by atoms with Gasteiger partial charge in [-0.15, -0.1) is 11.3 Å². The molecule has 184 valence electrons. The number of hydrogen-bond donors (Lipinski definition) is 0. The number of esters is 1. The summed E-state index contributed by atoms with van der Waals surface area (Å²) in [5.41, 5.74) is 2.34. The van der Waals surface area contributed by atoms with Crippen molar-refractivity contribution in [3.63, 3.8) is 0 Å². The van der Waals surface area contributed by atoms with Gasteiger partial charge in [0, 0.05) is 18.2 Å². The Bertz CT molecular complexity index is 1200. The molecule has 1 saturated carbocycles. The van der Waals surface area contributed by atoms with E-state index in [9.17, 15) is 9.59 Å². The van der Waals surface area contributed by atoms with E-state index in [1.54, 1.807) is 39.2 Å². The summed E-state index contributed by atoms with van der Waals surface area (Å²) in [5.74, 6) is 1.18. The number of aromatic nitrogens is 1. The highest BCUT2D eigenvalue weighted by Crippen LogP contribution is 2.35. The number of aryl methyl sites for hydroxylation is 1. The molecule has 1 fully saturated rings. The lowest BCUT2D eigenvalue weighted by Gasteiger charge is -2.22. The predicted molar refractivity (Wildman–Crippen MR) is 132 cm³/mol. The fourth-order valence-corrected chi connectivity index (χ4v) is 4.65. The maximum atomic E-state index is 12.9. The van der Waals surface area contributed by atoms with Gasteiger partial charge in [0.15, 0.2) is 18.1 Å². The van der Waals surface area contributed by atoms with Crippen molar-refractivity contribution in [2.75, 3.05) is 27.9 Å². The van der Waals surface area contributed by atoms with Crippen molar-refractivity contribution in [3.8, 4) is 27.8 Å². The SMILES string of the molecule is COc1ccc(CN(C(=O)COC(=O)c2sc(-c3ccc(OC)c(OC)c3)nc2C)C2CC2)cc1. The van der Waals surface area contributed by atoms with Gasteiger partial charge in [-0.2, -0.15) is 0 Å². The van der Waals surface area contributed by atoms with E-state index in [1.807, 2.05) is 36.4 Å². The number of methoxy groups -OCH3 is 3. The quantitative estimate of drug-likeness (QED) is 0.382. The molecular weight excluding hydrogens is 468 g/mol. The number of nitrogens with zero attached hydrogens (tertiary/aromatic N) is 2. The minimum atomic E-state index is -0.555. The lowest BCUT2D eigenvalue weighted by molar-refractivity contribution is -0.135. The summed E-state index contributed by atoms with van der Waals surface area (Å²) in [5, 5.41) is 0.654. The zero-order chi connectivity index (χ0) is 24.9.